The molecule has 0 amide bonds. The van der Waals surface area contributed by atoms with Crippen LogP contribution in [0.4, 0.5) is 0 Å². The van der Waals surface area contributed by atoms with Crippen LogP contribution in [-0.2, 0) is 33.0 Å². The molecule has 1 atom stereocenters. The Morgan fingerprint density at radius 2 is 1.93 bits per heavy atom. The van der Waals surface area contributed by atoms with Gasteiger partial charge in [0.25, 0.3) is 5.56 Å². The van der Waals surface area contributed by atoms with Gasteiger partial charge in [0.1, 0.15) is 6.61 Å². The van der Waals surface area contributed by atoms with Crippen molar-refractivity contribution < 1.29 is 23.7 Å². The summed E-state index contributed by atoms with van der Waals surface area (Å²) in [7, 11) is 1.47. The van der Waals surface area contributed by atoms with Crippen LogP contribution in [0.15, 0.2) is 29.1 Å². The minimum Gasteiger partial charge on any atom is -0.458 e. The molecule has 8 heteroatoms. The number of benzene rings is 1. The van der Waals surface area contributed by atoms with Crippen LogP contribution in [0, 0.1) is 0 Å². The van der Waals surface area contributed by atoms with Gasteiger partial charge in [-0.2, -0.15) is 0 Å². The van der Waals surface area contributed by atoms with Crippen molar-refractivity contribution in [1.29, 1.82) is 0 Å². The molecular weight excluding hydrogens is 388 g/mol. The first-order valence-electron chi connectivity index (χ1n) is 9.79. The molecule has 0 fully saturated rings. The molecule has 3 aliphatic heterocycles. The van der Waals surface area contributed by atoms with Crippen LogP contribution in [0.5, 0.6) is 11.5 Å². The first-order valence-corrected chi connectivity index (χ1v) is 9.79. The minimum absolute atomic E-state index is 0.0501. The smallest absolute Gasteiger partial charge is 0.343 e. The third-order valence-corrected chi connectivity index (χ3v) is 6.32. The quantitative estimate of drug-likeness (QED) is 0.473. The highest BCUT2D eigenvalue weighted by atomic mass is 16.7. The molecule has 3 aliphatic rings. The van der Waals surface area contributed by atoms with E-state index in [1.165, 1.54) is 7.11 Å². The maximum Gasteiger partial charge on any atom is 0.343 e. The molecule has 0 radical (unpaired) electrons. The Hall–Kier alpha value is -3.39. The normalized spacial score (nSPS) is 20.7. The fourth-order valence-electron chi connectivity index (χ4n) is 4.70. The van der Waals surface area contributed by atoms with E-state index in [9.17, 15) is 9.59 Å². The third kappa shape index (κ3) is 2.06. The van der Waals surface area contributed by atoms with Gasteiger partial charge in [0.2, 0.25) is 6.79 Å². The van der Waals surface area contributed by atoms with Crippen LogP contribution >= 0.6 is 0 Å². The van der Waals surface area contributed by atoms with E-state index in [-0.39, 0.29) is 19.0 Å². The first-order chi connectivity index (χ1) is 14.6. The van der Waals surface area contributed by atoms with E-state index in [0.29, 0.717) is 41.3 Å². The van der Waals surface area contributed by atoms with Crippen molar-refractivity contribution in [1.82, 2.24) is 9.55 Å². The Morgan fingerprint density at radius 3 is 2.70 bits per heavy atom. The van der Waals surface area contributed by atoms with Gasteiger partial charge in [-0.25, -0.2) is 9.78 Å². The van der Waals surface area contributed by atoms with Gasteiger partial charge < -0.3 is 23.5 Å². The summed E-state index contributed by atoms with van der Waals surface area (Å²) in [5.74, 6) is 0.875. The summed E-state index contributed by atoms with van der Waals surface area (Å²) in [4.78, 5) is 30.7. The number of fused-ring (bicyclic) bond motifs is 6. The molecular formula is C22H18N2O6. The molecule has 0 unspecified atom stereocenters. The van der Waals surface area contributed by atoms with Gasteiger partial charge in [-0.1, -0.05) is 6.92 Å². The number of methoxy groups -OCH3 is 1. The molecule has 0 saturated carbocycles. The number of carbonyl (C=O) groups excluding carboxylic acids is 1. The average Bonchev–Trinajstić information content (AvgIpc) is 3.35. The summed E-state index contributed by atoms with van der Waals surface area (Å²) in [5.41, 5.74) is 2.66. The van der Waals surface area contributed by atoms with Gasteiger partial charge in [0.15, 0.2) is 17.1 Å². The number of cyclic esters (lactones) is 1. The van der Waals surface area contributed by atoms with Crippen molar-refractivity contribution in [3.63, 3.8) is 0 Å². The van der Waals surface area contributed by atoms with Crippen molar-refractivity contribution >= 4 is 16.9 Å². The molecule has 0 aliphatic carbocycles. The van der Waals surface area contributed by atoms with Crippen LogP contribution in [0.25, 0.3) is 22.3 Å². The van der Waals surface area contributed by atoms with E-state index in [1.54, 1.807) is 4.57 Å². The summed E-state index contributed by atoms with van der Waals surface area (Å²) in [6, 6.07) is 7.64. The summed E-state index contributed by atoms with van der Waals surface area (Å²) in [6.07, 6.45) is 0.361. The molecule has 1 aromatic carbocycles. The molecule has 3 aromatic rings. The van der Waals surface area contributed by atoms with Crippen molar-refractivity contribution in [3.05, 3.63) is 51.3 Å². The average molecular weight is 406 g/mol. The lowest BCUT2D eigenvalue weighted by molar-refractivity contribution is -0.176. The number of hydrogen-bond acceptors (Lipinski definition) is 7. The number of hydrogen-bond donors (Lipinski definition) is 0. The van der Waals surface area contributed by atoms with Crippen LogP contribution in [0.2, 0.25) is 0 Å². The second kappa shape index (κ2) is 5.82. The highest BCUT2D eigenvalue weighted by molar-refractivity contribution is 5.88. The predicted octanol–water partition coefficient (Wildman–Crippen LogP) is 2.46. The topological polar surface area (TPSA) is 88.9 Å². The molecule has 8 nitrogen and oxygen atoms in total. The molecule has 0 saturated heterocycles. The summed E-state index contributed by atoms with van der Waals surface area (Å²) < 4.78 is 23.5. The lowest BCUT2D eigenvalue weighted by Crippen LogP contribution is -2.45. The molecule has 30 heavy (non-hydrogen) atoms. The Balaban J connectivity index is 1.60. The molecule has 0 spiro atoms. The molecule has 0 bridgehead atoms. The lowest BCUT2D eigenvalue weighted by Gasteiger charge is -2.34. The zero-order valence-corrected chi connectivity index (χ0v) is 16.5. The van der Waals surface area contributed by atoms with Gasteiger partial charge >= 0.3 is 5.97 Å². The Labute approximate surface area is 170 Å². The first kappa shape index (κ1) is 17.5. The molecule has 0 N–H and O–H groups in total. The van der Waals surface area contributed by atoms with Crippen LogP contribution in [-0.4, -0.2) is 29.4 Å². The Morgan fingerprint density at radius 1 is 1.13 bits per heavy atom. The van der Waals surface area contributed by atoms with E-state index in [2.05, 4.69) is 0 Å². The summed E-state index contributed by atoms with van der Waals surface area (Å²) >= 11 is 0. The van der Waals surface area contributed by atoms with E-state index >= 15 is 0 Å². The van der Waals surface area contributed by atoms with Gasteiger partial charge in [-0.05, 0) is 24.6 Å². The van der Waals surface area contributed by atoms with Crippen LogP contribution in [0.3, 0.4) is 0 Å². The van der Waals surface area contributed by atoms with Crippen molar-refractivity contribution in [2.75, 3.05) is 13.9 Å². The Kier molecular flexibility index (Phi) is 3.39. The monoisotopic (exact) mass is 406 g/mol. The third-order valence-electron chi connectivity index (χ3n) is 6.32. The minimum atomic E-state index is -1.28. The van der Waals surface area contributed by atoms with Gasteiger partial charge in [-0.15, -0.1) is 0 Å². The van der Waals surface area contributed by atoms with Crippen LogP contribution in [0.1, 0.15) is 30.0 Å². The van der Waals surface area contributed by atoms with E-state index in [1.807, 2.05) is 31.2 Å². The fraction of sp³-hybridized carbons (Fsp3) is 0.318. The van der Waals surface area contributed by atoms with Crippen molar-refractivity contribution in [3.8, 4) is 22.9 Å². The maximum atomic E-state index is 13.3. The number of pyridine rings is 2. The molecule has 152 valence electrons. The van der Waals surface area contributed by atoms with E-state index in [4.69, 9.17) is 23.9 Å². The molecule has 5 heterocycles. The second-order valence-corrected chi connectivity index (χ2v) is 7.67. The molecule has 2 aromatic heterocycles. The van der Waals surface area contributed by atoms with Gasteiger partial charge in [0.05, 0.1) is 29.0 Å². The summed E-state index contributed by atoms with van der Waals surface area (Å²) in [5, 5.41) is 0.918. The lowest BCUT2D eigenvalue weighted by atomic mass is 9.85. The summed E-state index contributed by atoms with van der Waals surface area (Å²) in [6.45, 7) is 2.40. The number of carbonyl (C=O) groups is 1. The number of aromatic nitrogens is 2. The predicted molar refractivity (Wildman–Crippen MR) is 105 cm³/mol. The van der Waals surface area contributed by atoms with Crippen molar-refractivity contribution in [2.45, 2.75) is 32.1 Å². The van der Waals surface area contributed by atoms with Crippen molar-refractivity contribution in [2.24, 2.45) is 0 Å². The zero-order valence-electron chi connectivity index (χ0n) is 16.5. The van der Waals surface area contributed by atoms with Crippen LogP contribution < -0.4 is 15.0 Å². The van der Waals surface area contributed by atoms with E-state index in [0.717, 1.165) is 22.2 Å². The number of ether oxygens (including phenoxy) is 4. The maximum absolute atomic E-state index is 13.3. The highest BCUT2D eigenvalue weighted by Gasteiger charge is 2.47. The highest BCUT2D eigenvalue weighted by Crippen LogP contribution is 2.42. The standard InChI is InChI=1S/C22H18N2O6/c1-3-22(27-2)14-6-16-19-12(8-24(16)20(25)13(14)9-28-21(22)26)4-11-5-17-18(30-10-29-17)7-15(11)23-19/h4-7H,3,8-10H2,1-2H3/t22-/m0/s1. The van der Waals surface area contributed by atoms with Gasteiger partial charge in [0, 0.05) is 29.7 Å². The second-order valence-electron chi connectivity index (χ2n) is 7.67. The largest absolute Gasteiger partial charge is 0.458 e. The fourth-order valence-corrected chi connectivity index (χ4v) is 4.70. The molecule has 6 rings (SSSR count). The van der Waals surface area contributed by atoms with Gasteiger partial charge in [-0.3, -0.25) is 4.79 Å². The SMILES string of the molecule is CC[C@@]1(OC)C(=O)OCc2c1cc1n(c2=O)Cc2cc3cc4c(cc3nc2-1)OCO4. The number of rotatable bonds is 2. The number of esters is 1. The number of nitrogens with zero attached hydrogens (tertiary/aromatic N) is 2. The van der Waals surface area contributed by atoms with E-state index < -0.39 is 11.6 Å². The zero-order chi connectivity index (χ0) is 20.6. The Bertz CT molecular complexity index is 1320.